The van der Waals surface area contributed by atoms with E-state index in [4.69, 9.17) is 4.74 Å². The molecule has 0 spiro atoms. The molecule has 8 heteroatoms. The fourth-order valence-corrected chi connectivity index (χ4v) is 5.08. The Morgan fingerprint density at radius 1 is 1.09 bits per heavy atom. The first-order valence-corrected chi connectivity index (χ1v) is 12.7. The zero-order valence-corrected chi connectivity index (χ0v) is 20.1. The minimum atomic E-state index is -3.65. The summed E-state index contributed by atoms with van der Waals surface area (Å²) in [6.07, 6.45) is 1.13. The number of hydrogen-bond acceptors (Lipinski definition) is 5. The van der Waals surface area contributed by atoms with E-state index in [0.717, 1.165) is 55.8 Å². The predicted octanol–water partition coefficient (Wildman–Crippen LogP) is 2.61. The number of aryl methyl sites for hydroxylation is 2. The van der Waals surface area contributed by atoms with Gasteiger partial charge in [-0.05, 0) is 49.1 Å². The number of morpholine rings is 1. The van der Waals surface area contributed by atoms with Gasteiger partial charge in [0, 0.05) is 26.2 Å². The van der Waals surface area contributed by atoms with Gasteiger partial charge in [0.2, 0.25) is 15.9 Å². The van der Waals surface area contributed by atoms with E-state index in [2.05, 4.69) is 22.3 Å². The quantitative estimate of drug-likeness (QED) is 0.657. The molecule has 0 bridgehead atoms. The van der Waals surface area contributed by atoms with Crippen LogP contribution in [-0.4, -0.2) is 57.8 Å². The summed E-state index contributed by atoms with van der Waals surface area (Å²) in [6.45, 7) is 10.00. The lowest BCUT2D eigenvalue weighted by Gasteiger charge is -2.29. The van der Waals surface area contributed by atoms with Gasteiger partial charge in [0.15, 0.2) is 0 Å². The van der Waals surface area contributed by atoms with Crippen molar-refractivity contribution in [1.82, 2.24) is 10.2 Å². The number of sulfonamides is 1. The Labute approximate surface area is 191 Å². The van der Waals surface area contributed by atoms with Gasteiger partial charge in [-0.15, -0.1) is 0 Å². The second kappa shape index (κ2) is 10.5. The predicted molar refractivity (Wildman–Crippen MR) is 127 cm³/mol. The summed E-state index contributed by atoms with van der Waals surface area (Å²) in [5.41, 5.74) is 4.45. The third-order valence-corrected chi connectivity index (χ3v) is 6.92. The van der Waals surface area contributed by atoms with Gasteiger partial charge in [-0.25, -0.2) is 8.42 Å². The summed E-state index contributed by atoms with van der Waals surface area (Å²) >= 11 is 0. The fourth-order valence-electron chi connectivity index (χ4n) is 3.85. The molecule has 1 heterocycles. The molecule has 0 aliphatic carbocycles. The molecule has 1 fully saturated rings. The largest absolute Gasteiger partial charge is 0.379 e. The van der Waals surface area contributed by atoms with Crippen molar-refractivity contribution in [3.8, 4) is 0 Å². The first-order chi connectivity index (χ1) is 15.1. The van der Waals surface area contributed by atoms with Crippen molar-refractivity contribution in [2.75, 3.05) is 36.9 Å². The molecule has 32 heavy (non-hydrogen) atoms. The number of nitrogens with one attached hydrogen (secondary N) is 1. The van der Waals surface area contributed by atoms with E-state index in [1.165, 1.54) is 9.87 Å². The van der Waals surface area contributed by atoms with Crippen LogP contribution in [0.15, 0.2) is 42.5 Å². The Kier molecular flexibility index (Phi) is 7.92. The van der Waals surface area contributed by atoms with Crippen molar-refractivity contribution < 1.29 is 17.9 Å². The van der Waals surface area contributed by atoms with Gasteiger partial charge >= 0.3 is 0 Å². The molecule has 2 aromatic rings. The van der Waals surface area contributed by atoms with Crippen LogP contribution >= 0.6 is 0 Å². The number of amides is 1. The second-order valence-corrected chi connectivity index (χ2v) is 10.3. The average molecular weight is 460 g/mol. The maximum atomic E-state index is 12.9. The lowest BCUT2D eigenvalue weighted by molar-refractivity contribution is -0.122. The minimum absolute atomic E-state index is 0.339. The normalized spacial score (nSPS) is 15.9. The van der Waals surface area contributed by atoms with Crippen LogP contribution in [0.3, 0.4) is 0 Å². The third kappa shape index (κ3) is 6.31. The summed E-state index contributed by atoms with van der Waals surface area (Å²) in [5, 5.41) is 2.88. The lowest BCUT2D eigenvalue weighted by Crippen LogP contribution is -2.48. The summed E-state index contributed by atoms with van der Waals surface area (Å²) in [6, 6.07) is 12.9. The summed E-state index contributed by atoms with van der Waals surface area (Å²) in [4.78, 5) is 15.2. The van der Waals surface area contributed by atoms with Crippen LogP contribution in [-0.2, 0) is 32.6 Å². The minimum Gasteiger partial charge on any atom is -0.379 e. The van der Waals surface area contributed by atoms with E-state index < -0.39 is 16.1 Å². The van der Waals surface area contributed by atoms with E-state index in [-0.39, 0.29) is 5.91 Å². The highest BCUT2D eigenvalue weighted by molar-refractivity contribution is 7.92. The van der Waals surface area contributed by atoms with E-state index in [1.54, 1.807) is 13.0 Å². The summed E-state index contributed by atoms with van der Waals surface area (Å²) in [7, 11) is -3.65. The molecule has 1 aliphatic rings. The highest BCUT2D eigenvalue weighted by Crippen LogP contribution is 2.26. The van der Waals surface area contributed by atoms with Crippen LogP contribution in [0.2, 0.25) is 0 Å². The molecule has 174 valence electrons. The molecule has 0 saturated carbocycles. The van der Waals surface area contributed by atoms with Gasteiger partial charge in [0.05, 0.1) is 25.2 Å². The Morgan fingerprint density at radius 3 is 2.34 bits per heavy atom. The monoisotopic (exact) mass is 459 g/mol. The average Bonchev–Trinajstić information content (AvgIpc) is 2.75. The number of carbonyl (C=O) groups excluding carboxylic acids is 1. The van der Waals surface area contributed by atoms with Crippen LogP contribution < -0.4 is 9.62 Å². The number of rotatable bonds is 8. The smallest absolute Gasteiger partial charge is 0.243 e. The number of ether oxygens (including phenoxy) is 1. The zero-order valence-electron chi connectivity index (χ0n) is 19.3. The zero-order chi connectivity index (χ0) is 23.3. The van der Waals surface area contributed by atoms with E-state index in [1.807, 2.05) is 38.1 Å². The number of benzene rings is 2. The Balaban J connectivity index is 1.64. The van der Waals surface area contributed by atoms with Crippen molar-refractivity contribution in [1.29, 1.82) is 0 Å². The van der Waals surface area contributed by atoms with Crippen LogP contribution in [0.25, 0.3) is 0 Å². The molecule has 1 saturated heterocycles. The molecule has 1 N–H and O–H groups in total. The van der Waals surface area contributed by atoms with Crippen LogP contribution in [0.1, 0.15) is 29.2 Å². The molecule has 1 atom stereocenters. The van der Waals surface area contributed by atoms with Crippen molar-refractivity contribution in [3.05, 3.63) is 64.7 Å². The highest BCUT2D eigenvalue weighted by atomic mass is 32.2. The van der Waals surface area contributed by atoms with Crippen molar-refractivity contribution in [2.24, 2.45) is 0 Å². The van der Waals surface area contributed by atoms with Gasteiger partial charge in [-0.1, -0.05) is 36.4 Å². The molecule has 0 radical (unpaired) electrons. The second-order valence-electron chi connectivity index (χ2n) is 8.45. The number of anilines is 1. The fraction of sp³-hybridized carbons (Fsp3) is 0.458. The van der Waals surface area contributed by atoms with Gasteiger partial charge in [0.1, 0.15) is 6.04 Å². The van der Waals surface area contributed by atoms with E-state index in [9.17, 15) is 13.2 Å². The van der Waals surface area contributed by atoms with Gasteiger partial charge in [0.25, 0.3) is 0 Å². The highest BCUT2D eigenvalue weighted by Gasteiger charge is 2.30. The lowest BCUT2D eigenvalue weighted by atomic mass is 10.1. The standard InChI is InChI=1S/C24H33N3O4S/c1-18-5-6-19(2)23(15-18)27(32(4,29)30)20(3)24(28)25-16-21-7-9-22(10-8-21)17-26-11-13-31-14-12-26/h5-10,15,20H,11-14,16-17H2,1-4H3,(H,25,28)/t20-/m1/s1. The topological polar surface area (TPSA) is 79.0 Å². The molecule has 0 aromatic heterocycles. The van der Waals surface area contributed by atoms with E-state index in [0.29, 0.717) is 12.2 Å². The molecule has 7 nitrogen and oxygen atoms in total. The molecule has 1 amide bonds. The molecular formula is C24H33N3O4S. The maximum Gasteiger partial charge on any atom is 0.243 e. The first-order valence-electron chi connectivity index (χ1n) is 10.9. The number of nitrogens with zero attached hydrogens (tertiary/aromatic N) is 2. The Hall–Kier alpha value is -2.42. The molecule has 2 aromatic carbocycles. The van der Waals surface area contributed by atoms with Crippen LogP contribution in [0.4, 0.5) is 5.69 Å². The van der Waals surface area contributed by atoms with Crippen molar-refractivity contribution in [2.45, 2.75) is 39.9 Å². The van der Waals surface area contributed by atoms with Crippen LogP contribution in [0.5, 0.6) is 0 Å². The maximum absolute atomic E-state index is 12.9. The Bertz CT molecular complexity index is 1030. The SMILES string of the molecule is Cc1ccc(C)c(N([C@H](C)C(=O)NCc2ccc(CN3CCOCC3)cc2)S(C)(=O)=O)c1. The van der Waals surface area contributed by atoms with Gasteiger partial charge < -0.3 is 10.1 Å². The molecule has 1 aliphatic heterocycles. The van der Waals surface area contributed by atoms with Gasteiger partial charge in [-0.2, -0.15) is 0 Å². The first kappa shape index (κ1) is 24.2. The van der Waals surface area contributed by atoms with Crippen molar-refractivity contribution in [3.63, 3.8) is 0 Å². The third-order valence-electron chi connectivity index (χ3n) is 5.69. The molecule has 0 unspecified atom stereocenters. The Morgan fingerprint density at radius 2 is 1.72 bits per heavy atom. The summed E-state index contributed by atoms with van der Waals surface area (Å²) in [5.74, 6) is -0.339. The molecular weight excluding hydrogens is 426 g/mol. The van der Waals surface area contributed by atoms with Crippen molar-refractivity contribution >= 4 is 21.6 Å². The summed E-state index contributed by atoms with van der Waals surface area (Å²) < 4.78 is 31.7. The number of hydrogen-bond donors (Lipinski definition) is 1. The molecule has 3 rings (SSSR count). The van der Waals surface area contributed by atoms with Gasteiger partial charge in [-0.3, -0.25) is 14.0 Å². The van der Waals surface area contributed by atoms with Crippen LogP contribution in [0, 0.1) is 13.8 Å². The van der Waals surface area contributed by atoms with E-state index >= 15 is 0 Å². The number of carbonyl (C=O) groups is 1.